The Morgan fingerprint density at radius 2 is 0.897 bits per heavy atom. The molecule has 0 radical (unpaired) electrons. The summed E-state index contributed by atoms with van der Waals surface area (Å²) < 4.78 is 48.9. The van der Waals surface area contributed by atoms with E-state index in [9.17, 15) is 48.8 Å². The van der Waals surface area contributed by atoms with Gasteiger partial charge in [0.05, 0.1) is 6.61 Å². The second kappa shape index (κ2) is 31.5. The monoisotopic (exact) mass is 876 g/mol. The Morgan fingerprint density at radius 1 is 0.500 bits per heavy atom. The second-order valence-corrected chi connectivity index (χ2v) is 18.0. The van der Waals surface area contributed by atoms with E-state index in [0.717, 1.165) is 70.6 Å². The van der Waals surface area contributed by atoms with Gasteiger partial charge < -0.3 is 44.6 Å². The van der Waals surface area contributed by atoms with Gasteiger partial charge in [0.1, 0.15) is 49.0 Å². The number of rotatable bonds is 36. The third-order valence-corrected chi connectivity index (χ3v) is 11.6. The van der Waals surface area contributed by atoms with E-state index in [0.29, 0.717) is 31.5 Å². The number of hydrogen-bond acceptors (Lipinski definition) is 14. The first-order chi connectivity index (χ1) is 27.5. The second-order valence-electron chi connectivity index (χ2n) is 15.4. The average molecular weight is 877 g/mol. The summed E-state index contributed by atoms with van der Waals surface area (Å²) >= 11 is 0. The molecule has 1 aliphatic rings. The molecule has 1 fully saturated rings. The minimum atomic E-state index is -5.31. The Kier molecular flexibility index (Phi) is 29.7. The van der Waals surface area contributed by atoms with Crippen molar-refractivity contribution in [3.05, 3.63) is 0 Å². The molecule has 342 valence electrons. The lowest BCUT2D eigenvalue weighted by molar-refractivity contribution is -0.216. The van der Waals surface area contributed by atoms with Crippen molar-refractivity contribution in [1.29, 1.82) is 0 Å². The molecule has 58 heavy (non-hydrogen) atoms. The standard InChI is InChI=1S/C39H74O17P2/c1-3-5-6-7-8-9-10-11-12-13-16-20-23-27-33(42)54-31(28-52-32(41)26-22-19-17-14-15-18-21-25-30(40)24-4-2)29-53-58(50,51)56-39-36(45)34(43)38(35(44)37(39)46)55-57(47,48)49/h31,34-39,43-46H,3-29H2,1-2H3,(H,50,51)(H2,47,48,49)/t31-,34-,35+,36?,37-,38?,39?/m1/s1. The molecule has 0 aromatic rings. The maximum Gasteiger partial charge on any atom is 0.472 e. The minimum Gasteiger partial charge on any atom is -0.462 e. The number of hydrogen-bond donors (Lipinski definition) is 7. The zero-order valence-corrected chi connectivity index (χ0v) is 36.5. The maximum atomic E-state index is 12.9. The van der Waals surface area contributed by atoms with E-state index in [-0.39, 0.29) is 12.8 Å². The highest BCUT2D eigenvalue weighted by Crippen LogP contribution is 2.48. The first kappa shape index (κ1) is 54.7. The normalized spacial score (nSPS) is 22.6. The number of Topliss-reactive ketones (excluding diaryl/α,β-unsaturated/α-hetero) is 1. The van der Waals surface area contributed by atoms with Crippen LogP contribution in [0.5, 0.6) is 0 Å². The molecule has 19 heteroatoms. The van der Waals surface area contributed by atoms with Gasteiger partial charge in [0, 0.05) is 25.7 Å². The van der Waals surface area contributed by atoms with Crippen LogP contribution in [-0.4, -0.2) is 109 Å². The summed E-state index contributed by atoms with van der Waals surface area (Å²) in [5, 5.41) is 41.3. The van der Waals surface area contributed by atoms with E-state index in [4.69, 9.17) is 28.3 Å². The first-order valence-electron chi connectivity index (χ1n) is 21.5. The fourth-order valence-corrected chi connectivity index (χ4v) is 8.28. The lowest BCUT2D eigenvalue weighted by Crippen LogP contribution is -2.64. The van der Waals surface area contributed by atoms with Crippen LogP contribution in [0.4, 0.5) is 0 Å². The number of unbranched alkanes of at least 4 members (excludes halogenated alkanes) is 18. The SMILES string of the molecule is CCCCCCCCCCCCCCCC(=O)O[C@H](COC(=O)CCCCCCCCCC(=O)CCC)COP(=O)(O)OC1C(O)[C@@H](O)C(OP(=O)(O)O)[C@@H](O)[C@H]1O. The quantitative estimate of drug-likeness (QED) is 0.0208. The zero-order chi connectivity index (χ0) is 43.4. The molecular weight excluding hydrogens is 802 g/mol. The van der Waals surface area contributed by atoms with E-state index >= 15 is 0 Å². The van der Waals surface area contributed by atoms with Gasteiger partial charge in [0.15, 0.2) is 6.10 Å². The number of ketones is 1. The Labute approximate surface area is 344 Å². The Hall–Kier alpha value is -1.33. The van der Waals surface area contributed by atoms with Crippen molar-refractivity contribution in [2.45, 2.75) is 217 Å². The summed E-state index contributed by atoms with van der Waals surface area (Å²) in [6.07, 6.45) is 8.02. The number of aliphatic hydroxyl groups excluding tert-OH is 4. The minimum absolute atomic E-state index is 0.0403. The van der Waals surface area contributed by atoms with Crippen molar-refractivity contribution in [3.8, 4) is 0 Å². The molecule has 0 amide bonds. The number of aliphatic hydroxyl groups is 4. The number of carbonyl (C=O) groups excluding carboxylic acids is 3. The Morgan fingerprint density at radius 3 is 1.33 bits per heavy atom. The predicted octanol–water partition coefficient (Wildman–Crippen LogP) is 6.24. The predicted molar refractivity (Wildman–Crippen MR) is 214 cm³/mol. The lowest BCUT2D eigenvalue weighted by Gasteiger charge is -2.43. The van der Waals surface area contributed by atoms with Crippen molar-refractivity contribution >= 4 is 33.4 Å². The number of esters is 2. The summed E-state index contributed by atoms with van der Waals surface area (Å²) in [6.45, 7) is 2.84. The van der Waals surface area contributed by atoms with Gasteiger partial charge in [-0.1, -0.05) is 123 Å². The smallest absolute Gasteiger partial charge is 0.462 e. The first-order valence-corrected chi connectivity index (χ1v) is 24.5. The molecule has 1 aliphatic carbocycles. The fraction of sp³-hybridized carbons (Fsp3) is 0.923. The zero-order valence-electron chi connectivity index (χ0n) is 34.7. The maximum absolute atomic E-state index is 12.9. The number of phosphoric ester groups is 2. The van der Waals surface area contributed by atoms with Crippen LogP contribution < -0.4 is 0 Å². The molecule has 0 aromatic carbocycles. The van der Waals surface area contributed by atoms with Crippen LogP contribution in [0, 0.1) is 0 Å². The van der Waals surface area contributed by atoms with E-state index in [1.807, 2.05) is 6.92 Å². The van der Waals surface area contributed by atoms with Gasteiger partial charge in [-0.25, -0.2) is 9.13 Å². The van der Waals surface area contributed by atoms with Crippen LogP contribution >= 0.6 is 15.6 Å². The topological polar surface area (TPSA) is 273 Å². The molecule has 1 saturated carbocycles. The summed E-state index contributed by atoms with van der Waals surface area (Å²) in [6, 6.07) is 0. The van der Waals surface area contributed by atoms with Gasteiger partial charge in [0.2, 0.25) is 0 Å². The van der Waals surface area contributed by atoms with Crippen LogP contribution in [0.1, 0.15) is 174 Å². The molecule has 0 bridgehead atoms. The van der Waals surface area contributed by atoms with Crippen LogP contribution in [0.25, 0.3) is 0 Å². The summed E-state index contributed by atoms with van der Waals surface area (Å²) in [4.78, 5) is 65.4. The third-order valence-electron chi connectivity index (χ3n) is 10.1. The van der Waals surface area contributed by atoms with Crippen molar-refractivity contribution in [2.24, 2.45) is 0 Å². The van der Waals surface area contributed by atoms with Crippen molar-refractivity contribution in [1.82, 2.24) is 0 Å². The fourth-order valence-electron chi connectivity index (χ4n) is 6.74. The molecule has 0 heterocycles. The summed E-state index contributed by atoms with van der Waals surface area (Å²) in [5.74, 6) is -0.941. The molecule has 1 rings (SSSR count). The van der Waals surface area contributed by atoms with E-state index in [1.165, 1.54) is 51.4 Å². The molecule has 4 unspecified atom stereocenters. The third kappa shape index (κ3) is 26.1. The average Bonchev–Trinajstić information content (AvgIpc) is 3.16. The van der Waals surface area contributed by atoms with Crippen LogP contribution in [-0.2, 0) is 46.6 Å². The van der Waals surface area contributed by atoms with E-state index < -0.39 is 83.5 Å². The Bertz CT molecular complexity index is 1200. The van der Waals surface area contributed by atoms with Crippen molar-refractivity contribution in [2.75, 3.05) is 13.2 Å². The van der Waals surface area contributed by atoms with Gasteiger partial charge in [-0.15, -0.1) is 0 Å². The largest absolute Gasteiger partial charge is 0.472 e. The van der Waals surface area contributed by atoms with Gasteiger partial charge in [-0.2, -0.15) is 0 Å². The lowest BCUT2D eigenvalue weighted by atomic mass is 9.85. The molecule has 17 nitrogen and oxygen atoms in total. The molecule has 7 N–H and O–H groups in total. The molecule has 0 aromatic heterocycles. The van der Waals surface area contributed by atoms with Gasteiger partial charge in [0.25, 0.3) is 0 Å². The molecule has 0 saturated heterocycles. The van der Waals surface area contributed by atoms with Crippen LogP contribution in [0.15, 0.2) is 0 Å². The number of phosphoric acid groups is 2. The highest BCUT2D eigenvalue weighted by molar-refractivity contribution is 7.47. The van der Waals surface area contributed by atoms with Crippen LogP contribution in [0.3, 0.4) is 0 Å². The Balaban J connectivity index is 2.63. The van der Waals surface area contributed by atoms with E-state index in [2.05, 4.69) is 11.4 Å². The van der Waals surface area contributed by atoms with Gasteiger partial charge >= 0.3 is 27.6 Å². The van der Waals surface area contributed by atoms with E-state index in [1.54, 1.807) is 0 Å². The molecule has 0 aliphatic heterocycles. The number of ether oxygens (including phenoxy) is 2. The van der Waals surface area contributed by atoms with Gasteiger partial charge in [-0.3, -0.25) is 28.0 Å². The number of carbonyl (C=O) groups is 3. The van der Waals surface area contributed by atoms with Crippen LogP contribution in [0.2, 0.25) is 0 Å². The highest BCUT2D eigenvalue weighted by atomic mass is 31.2. The van der Waals surface area contributed by atoms with Crippen molar-refractivity contribution in [3.63, 3.8) is 0 Å². The molecule has 0 spiro atoms. The summed E-state index contributed by atoms with van der Waals surface area (Å²) in [7, 11) is -10.6. The van der Waals surface area contributed by atoms with Crippen molar-refractivity contribution < 1.29 is 81.7 Å². The molecular formula is C39H74O17P2. The van der Waals surface area contributed by atoms with Gasteiger partial charge in [-0.05, 0) is 25.7 Å². The molecule has 8 atom stereocenters. The summed E-state index contributed by atoms with van der Waals surface area (Å²) in [5.41, 5.74) is 0. The highest BCUT2D eigenvalue weighted by Gasteiger charge is 2.54.